The minimum Gasteiger partial charge on any atom is -0.543 e. The molecule has 0 spiro atoms. The predicted octanol–water partition coefficient (Wildman–Crippen LogP) is -3.52. The third kappa shape index (κ3) is 7.22. The van der Waals surface area contributed by atoms with Gasteiger partial charge in [0.05, 0.1) is 31.0 Å². The number of thioether (sulfide) groups is 1. The standard InChI is InChI=1S/C27H27N7O9S.Na/c1-14-10-18(31-43-14)11-28-33-9-8-32(27(33)41)26(40)30-19(16-6-4-3-5-7-16)22(36)29-20-23(37)34-21(25(38)39)17(12-42-15(2)35)13-44-24(20)34;/h3-7,10-11,19-20,24H,8-9,12-13H2,1-2H3,(H,29,36)(H,30,40)(H,38,39);/q;+1/p-1/t19?,20?,24-;/m0./s1. The topological polar surface area (TPSA) is 207 Å². The minimum atomic E-state index is -1.62. The van der Waals surface area contributed by atoms with Crippen molar-refractivity contribution in [3.05, 3.63) is 64.7 Å². The van der Waals surface area contributed by atoms with Gasteiger partial charge in [0, 0.05) is 24.3 Å². The molecule has 0 aliphatic carbocycles. The van der Waals surface area contributed by atoms with Crippen LogP contribution in [0.1, 0.15) is 30.0 Å². The van der Waals surface area contributed by atoms with Crippen molar-refractivity contribution >= 4 is 53.8 Å². The number of hydrazone groups is 1. The van der Waals surface area contributed by atoms with E-state index in [-0.39, 0.29) is 60.6 Å². The number of rotatable bonds is 9. The number of aliphatic carboxylic acids is 1. The number of carbonyl (C=O) groups is 6. The van der Waals surface area contributed by atoms with Gasteiger partial charge in [-0.05, 0) is 12.5 Å². The summed E-state index contributed by atoms with van der Waals surface area (Å²) in [6.07, 6.45) is 1.32. The summed E-state index contributed by atoms with van der Waals surface area (Å²) in [6.45, 7) is 2.64. The molecule has 4 heterocycles. The molecule has 230 valence electrons. The number of benzene rings is 1. The van der Waals surface area contributed by atoms with Crippen LogP contribution < -0.4 is 45.3 Å². The zero-order chi connectivity index (χ0) is 31.5. The van der Waals surface area contributed by atoms with Gasteiger partial charge >= 0.3 is 47.6 Å². The van der Waals surface area contributed by atoms with Gasteiger partial charge in [-0.3, -0.25) is 19.3 Å². The summed E-state index contributed by atoms with van der Waals surface area (Å²) in [7, 11) is 0. The van der Waals surface area contributed by atoms with Crippen LogP contribution in [-0.2, 0) is 23.9 Å². The third-order valence-corrected chi connectivity index (χ3v) is 8.20. The maximum atomic E-state index is 13.5. The second kappa shape index (κ2) is 14.3. The number of imide groups is 1. The number of aryl methyl sites for hydroxylation is 1. The molecule has 3 aliphatic rings. The Kier molecular flexibility index (Phi) is 10.7. The van der Waals surface area contributed by atoms with E-state index < -0.39 is 59.0 Å². The van der Waals surface area contributed by atoms with Crippen molar-refractivity contribution in [1.29, 1.82) is 0 Å². The zero-order valence-corrected chi connectivity index (χ0v) is 27.2. The van der Waals surface area contributed by atoms with Crippen LogP contribution in [0, 0.1) is 6.92 Å². The summed E-state index contributed by atoms with van der Waals surface area (Å²) in [5, 5.41) is 25.2. The van der Waals surface area contributed by atoms with Crippen LogP contribution >= 0.6 is 11.8 Å². The number of ether oxygens (including phenoxy) is 1. The van der Waals surface area contributed by atoms with Crippen molar-refractivity contribution in [2.75, 3.05) is 25.4 Å². The van der Waals surface area contributed by atoms with Crippen molar-refractivity contribution in [2.24, 2.45) is 5.10 Å². The van der Waals surface area contributed by atoms with Crippen molar-refractivity contribution in [1.82, 2.24) is 30.6 Å². The number of aromatic nitrogens is 1. The average molecular weight is 648 g/mol. The van der Waals surface area contributed by atoms with Gasteiger partial charge in [-0.25, -0.2) is 19.5 Å². The molecule has 1 aromatic carbocycles. The normalized spacial score (nSPS) is 19.9. The van der Waals surface area contributed by atoms with E-state index >= 15 is 0 Å². The van der Waals surface area contributed by atoms with Crippen LogP contribution in [0.2, 0.25) is 0 Å². The molecule has 5 rings (SSSR count). The van der Waals surface area contributed by atoms with Gasteiger partial charge in [0.25, 0.3) is 5.91 Å². The number of nitrogens with one attached hydrogen (secondary N) is 2. The first-order valence-corrected chi connectivity index (χ1v) is 14.3. The van der Waals surface area contributed by atoms with Crippen molar-refractivity contribution < 1.29 is 72.7 Å². The molecule has 0 bridgehead atoms. The number of hydrogen-bond donors (Lipinski definition) is 2. The Morgan fingerprint density at radius 3 is 2.60 bits per heavy atom. The Balaban J connectivity index is 0.00000461. The van der Waals surface area contributed by atoms with E-state index in [0.29, 0.717) is 17.0 Å². The Bertz CT molecular complexity index is 1580. The molecular weight excluding hydrogens is 621 g/mol. The number of urea groups is 2. The fourth-order valence-electron chi connectivity index (χ4n) is 4.75. The molecule has 3 atom stereocenters. The summed E-state index contributed by atoms with van der Waals surface area (Å²) in [6, 6.07) is 5.82. The molecule has 16 nitrogen and oxygen atoms in total. The first kappa shape index (κ1) is 33.7. The van der Waals surface area contributed by atoms with E-state index in [9.17, 15) is 33.9 Å². The molecule has 0 radical (unpaired) electrons. The van der Waals surface area contributed by atoms with Crippen LogP contribution in [0.25, 0.3) is 0 Å². The molecule has 1 aromatic heterocycles. The largest absolute Gasteiger partial charge is 1.00 e. The Morgan fingerprint density at radius 2 is 1.96 bits per heavy atom. The van der Waals surface area contributed by atoms with Crippen LogP contribution in [0.3, 0.4) is 0 Å². The van der Waals surface area contributed by atoms with Crippen LogP contribution in [-0.4, -0.2) is 98.9 Å². The van der Waals surface area contributed by atoms with E-state index in [0.717, 1.165) is 14.8 Å². The van der Waals surface area contributed by atoms with Gasteiger partial charge in [0.1, 0.15) is 35.5 Å². The molecule has 2 aromatic rings. The number of carbonyl (C=O) groups excluding carboxylic acids is 6. The number of amides is 6. The second-order valence-electron chi connectivity index (χ2n) is 9.87. The van der Waals surface area contributed by atoms with Gasteiger partial charge in [-0.15, -0.1) is 11.8 Å². The monoisotopic (exact) mass is 647 g/mol. The average Bonchev–Trinajstić information content (AvgIpc) is 3.60. The van der Waals surface area contributed by atoms with Gasteiger partial charge < -0.3 is 29.8 Å². The number of nitrogens with zero attached hydrogens (tertiary/aromatic N) is 5. The molecule has 45 heavy (non-hydrogen) atoms. The minimum absolute atomic E-state index is 0. The molecule has 0 saturated carbocycles. The van der Waals surface area contributed by atoms with E-state index in [2.05, 4.69) is 20.9 Å². The molecule has 18 heteroatoms. The number of fused-ring (bicyclic) bond motifs is 1. The number of β-lactam (4-membered cyclic amide) rings is 1. The second-order valence-corrected chi connectivity index (χ2v) is 11.0. The molecular formula is C27H26N7NaO9S. The smallest absolute Gasteiger partial charge is 0.543 e. The maximum Gasteiger partial charge on any atom is 1.00 e. The molecule has 2 N–H and O–H groups in total. The first-order chi connectivity index (χ1) is 21.0. The fourth-order valence-corrected chi connectivity index (χ4v) is 6.08. The summed E-state index contributed by atoms with van der Waals surface area (Å²) >= 11 is 1.17. The number of carboxylic acids is 1. The number of carboxylic acid groups (broad SMARTS) is 1. The summed E-state index contributed by atoms with van der Waals surface area (Å²) in [4.78, 5) is 77.6. The van der Waals surface area contributed by atoms with Crippen LogP contribution in [0.15, 0.2) is 57.3 Å². The number of esters is 1. The Morgan fingerprint density at radius 1 is 1.22 bits per heavy atom. The van der Waals surface area contributed by atoms with Crippen LogP contribution in [0.5, 0.6) is 0 Å². The molecule has 2 fully saturated rings. The summed E-state index contributed by atoms with van der Waals surface area (Å²) in [5.41, 5.74) is 0.554. The van der Waals surface area contributed by atoms with Gasteiger partial charge in [0.15, 0.2) is 0 Å². The van der Waals surface area contributed by atoms with Crippen molar-refractivity contribution in [3.63, 3.8) is 0 Å². The van der Waals surface area contributed by atoms with Crippen molar-refractivity contribution in [3.8, 4) is 0 Å². The summed E-state index contributed by atoms with van der Waals surface area (Å²) < 4.78 is 9.87. The quantitative estimate of drug-likeness (QED) is 0.118. The van der Waals surface area contributed by atoms with Crippen LogP contribution in [0.4, 0.5) is 9.59 Å². The fraction of sp³-hybridized carbons (Fsp3) is 0.333. The van der Waals surface area contributed by atoms with Gasteiger partial charge in [0.2, 0.25) is 5.91 Å². The van der Waals surface area contributed by atoms with E-state index in [1.807, 2.05) is 0 Å². The molecule has 3 aliphatic heterocycles. The van der Waals surface area contributed by atoms with Gasteiger partial charge in [-0.1, -0.05) is 35.5 Å². The molecule has 2 saturated heterocycles. The maximum absolute atomic E-state index is 13.5. The van der Waals surface area contributed by atoms with Crippen molar-refractivity contribution in [2.45, 2.75) is 31.3 Å². The molecule has 2 unspecified atom stereocenters. The van der Waals surface area contributed by atoms with E-state index in [1.165, 1.54) is 24.9 Å². The zero-order valence-electron chi connectivity index (χ0n) is 24.4. The SMILES string of the molecule is CC(=O)OCC1=C(C(=O)[O-])N2C(=O)C(NC(=O)C(NC(=O)N3CCN(N=Cc4cc(C)on4)C3=O)c3ccccc3)[C@@H]2SC1.[Na+]. The first-order valence-electron chi connectivity index (χ1n) is 13.3. The summed E-state index contributed by atoms with van der Waals surface area (Å²) in [5.74, 6) is -3.02. The van der Waals surface area contributed by atoms with E-state index in [1.54, 1.807) is 43.3 Å². The van der Waals surface area contributed by atoms with E-state index in [4.69, 9.17) is 9.26 Å². The Labute approximate surface area is 282 Å². The number of hydrogen-bond acceptors (Lipinski definition) is 12. The predicted molar refractivity (Wildman–Crippen MR) is 149 cm³/mol. The Hall–Kier alpha value is -4.19. The third-order valence-electron chi connectivity index (χ3n) is 6.86. The van der Waals surface area contributed by atoms with Gasteiger partial charge in [-0.2, -0.15) is 5.10 Å². The molecule has 6 amide bonds.